The first-order chi connectivity index (χ1) is 7.27. The van der Waals surface area contributed by atoms with Gasteiger partial charge >= 0.3 is 0 Å². The first-order valence-corrected chi connectivity index (χ1v) is 5.37. The van der Waals surface area contributed by atoms with Gasteiger partial charge in [0.15, 0.2) is 0 Å². The van der Waals surface area contributed by atoms with E-state index >= 15 is 0 Å². The van der Waals surface area contributed by atoms with E-state index in [1.54, 1.807) is 0 Å². The molecule has 80 valence electrons. The summed E-state index contributed by atoms with van der Waals surface area (Å²) in [6.45, 7) is 5.14. The zero-order chi connectivity index (χ0) is 11.1. The van der Waals surface area contributed by atoms with Crippen LogP contribution in [0.15, 0.2) is 18.3 Å². The third kappa shape index (κ3) is 3.73. The number of hydrogen-bond acceptors (Lipinski definition) is 2. The standard InChI is InChI=1S/C13H18N2/c1-4-6-13(15-8-5-2)12-7-9-14-11(3)10-12/h1,7,9-10,13,15H,5-6,8H2,2-3H3. The number of nitrogens with one attached hydrogen (secondary N) is 1. The third-order valence-corrected chi connectivity index (χ3v) is 2.29. The molecule has 2 nitrogen and oxygen atoms in total. The van der Waals surface area contributed by atoms with Gasteiger partial charge in [0.2, 0.25) is 0 Å². The van der Waals surface area contributed by atoms with Crippen molar-refractivity contribution in [2.75, 3.05) is 6.54 Å². The summed E-state index contributed by atoms with van der Waals surface area (Å²) in [4.78, 5) is 4.18. The normalized spacial score (nSPS) is 12.1. The number of rotatable bonds is 5. The van der Waals surface area contributed by atoms with Gasteiger partial charge in [0.25, 0.3) is 0 Å². The van der Waals surface area contributed by atoms with E-state index in [1.165, 1.54) is 5.56 Å². The van der Waals surface area contributed by atoms with Crippen LogP contribution in [0.25, 0.3) is 0 Å². The molecule has 1 aromatic rings. The van der Waals surface area contributed by atoms with Gasteiger partial charge in [-0.3, -0.25) is 4.98 Å². The highest BCUT2D eigenvalue weighted by Gasteiger charge is 2.08. The molecule has 0 fully saturated rings. The van der Waals surface area contributed by atoms with E-state index in [0.717, 1.165) is 25.1 Å². The summed E-state index contributed by atoms with van der Waals surface area (Å²) in [7, 11) is 0. The number of nitrogens with zero attached hydrogens (tertiary/aromatic N) is 1. The molecule has 1 rings (SSSR count). The summed E-state index contributed by atoms with van der Waals surface area (Å²) in [5, 5.41) is 3.44. The van der Waals surface area contributed by atoms with Crippen molar-refractivity contribution in [3.63, 3.8) is 0 Å². The topological polar surface area (TPSA) is 24.9 Å². The third-order valence-electron chi connectivity index (χ3n) is 2.29. The Morgan fingerprint density at radius 3 is 3.00 bits per heavy atom. The molecule has 1 unspecified atom stereocenters. The molecule has 0 amide bonds. The fraction of sp³-hybridized carbons (Fsp3) is 0.462. The molecule has 0 radical (unpaired) electrons. The smallest absolute Gasteiger partial charge is 0.0432 e. The molecule has 1 aromatic heterocycles. The van der Waals surface area contributed by atoms with Gasteiger partial charge in [-0.15, -0.1) is 12.3 Å². The summed E-state index contributed by atoms with van der Waals surface area (Å²) < 4.78 is 0. The molecule has 1 heterocycles. The Bertz CT molecular complexity index is 339. The number of aromatic nitrogens is 1. The Kier molecular flexibility index (Phi) is 4.86. The van der Waals surface area contributed by atoms with Gasteiger partial charge in [-0.25, -0.2) is 0 Å². The Balaban J connectivity index is 2.75. The highest BCUT2D eigenvalue weighted by molar-refractivity contribution is 5.20. The van der Waals surface area contributed by atoms with Crippen molar-refractivity contribution in [1.29, 1.82) is 0 Å². The van der Waals surface area contributed by atoms with Crippen LogP contribution in [0.1, 0.15) is 37.1 Å². The lowest BCUT2D eigenvalue weighted by Crippen LogP contribution is -2.21. The van der Waals surface area contributed by atoms with Gasteiger partial charge < -0.3 is 5.32 Å². The van der Waals surface area contributed by atoms with Crippen molar-refractivity contribution in [1.82, 2.24) is 10.3 Å². The van der Waals surface area contributed by atoms with Crippen LogP contribution in [0.3, 0.4) is 0 Å². The van der Waals surface area contributed by atoms with Gasteiger partial charge in [0.1, 0.15) is 0 Å². The molecule has 1 N–H and O–H groups in total. The van der Waals surface area contributed by atoms with Crippen LogP contribution in [-0.2, 0) is 0 Å². The molecule has 0 aliphatic carbocycles. The van der Waals surface area contributed by atoms with E-state index in [0.29, 0.717) is 0 Å². The van der Waals surface area contributed by atoms with Crippen molar-refractivity contribution in [2.45, 2.75) is 32.7 Å². The Labute approximate surface area is 92.1 Å². The Morgan fingerprint density at radius 1 is 1.60 bits per heavy atom. The van der Waals surface area contributed by atoms with Crippen molar-refractivity contribution < 1.29 is 0 Å². The van der Waals surface area contributed by atoms with Crippen molar-refractivity contribution in [2.24, 2.45) is 0 Å². The van der Waals surface area contributed by atoms with E-state index in [2.05, 4.69) is 29.2 Å². The molecule has 0 saturated carbocycles. The van der Waals surface area contributed by atoms with Crippen LogP contribution < -0.4 is 5.32 Å². The predicted molar refractivity (Wildman–Crippen MR) is 63.5 cm³/mol. The maximum absolute atomic E-state index is 5.37. The molecule has 2 heteroatoms. The molecule has 0 aromatic carbocycles. The maximum Gasteiger partial charge on any atom is 0.0432 e. The average molecular weight is 202 g/mol. The largest absolute Gasteiger partial charge is 0.309 e. The molecule has 0 bridgehead atoms. The van der Waals surface area contributed by atoms with Crippen LogP contribution in [0, 0.1) is 19.3 Å². The highest BCUT2D eigenvalue weighted by Crippen LogP contribution is 2.16. The second kappa shape index (κ2) is 6.21. The monoisotopic (exact) mass is 202 g/mol. The van der Waals surface area contributed by atoms with Gasteiger partial charge in [-0.2, -0.15) is 0 Å². The second-order valence-electron chi connectivity index (χ2n) is 3.65. The fourth-order valence-corrected chi connectivity index (χ4v) is 1.53. The van der Waals surface area contributed by atoms with Crippen LogP contribution in [0.2, 0.25) is 0 Å². The summed E-state index contributed by atoms with van der Waals surface area (Å²) in [6, 6.07) is 4.37. The number of pyridine rings is 1. The first kappa shape index (κ1) is 11.7. The molecule has 0 spiro atoms. The summed E-state index contributed by atoms with van der Waals surface area (Å²) >= 11 is 0. The molecule has 0 saturated heterocycles. The Hall–Kier alpha value is -1.33. The summed E-state index contributed by atoms with van der Waals surface area (Å²) in [6.07, 6.45) is 9.05. The van der Waals surface area contributed by atoms with E-state index in [-0.39, 0.29) is 6.04 Å². The minimum Gasteiger partial charge on any atom is -0.309 e. The minimum absolute atomic E-state index is 0.261. The molecule has 0 aliphatic rings. The molecule has 15 heavy (non-hydrogen) atoms. The zero-order valence-electron chi connectivity index (χ0n) is 9.46. The van der Waals surface area contributed by atoms with E-state index in [9.17, 15) is 0 Å². The van der Waals surface area contributed by atoms with Gasteiger partial charge in [0.05, 0.1) is 0 Å². The van der Waals surface area contributed by atoms with Gasteiger partial charge in [-0.05, 0) is 37.6 Å². The molecular weight excluding hydrogens is 184 g/mol. The van der Waals surface area contributed by atoms with Gasteiger partial charge in [0, 0.05) is 24.4 Å². The summed E-state index contributed by atoms with van der Waals surface area (Å²) in [5.41, 5.74) is 2.27. The van der Waals surface area contributed by atoms with Crippen LogP contribution in [0.5, 0.6) is 0 Å². The molecular formula is C13H18N2. The highest BCUT2D eigenvalue weighted by atomic mass is 14.9. The average Bonchev–Trinajstić information content (AvgIpc) is 2.24. The lowest BCUT2D eigenvalue weighted by Gasteiger charge is -2.16. The lowest BCUT2D eigenvalue weighted by molar-refractivity contribution is 0.542. The lowest BCUT2D eigenvalue weighted by atomic mass is 10.0. The quantitative estimate of drug-likeness (QED) is 0.742. The number of terminal acetylenes is 1. The van der Waals surface area contributed by atoms with Crippen LogP contribution >= 0.6 is 0 Å². The number of aryl methyl sites for hydroxylation is 1. The van der Waals surface area contributed by atoms with Crippen molar-refractivity contribution >= 4 is 0 Å². The molecule has 0 aliphatic heterocycles. The van der Waals surface area contributed by atoms with Gasteiger partial charge in [-0.1, -0.05) is 6.92 Å². The first-order valence-electron chi connectivity index (χ1n) is 5.37. The fourth-order valence-electron chi connectivity index (χ4n) is 1.53. The van der Waals surface area contributed by atoms with Crippen molar-refractivity contribution in [3.8, 4) is 12.3 Å². The summed E-state index contributed by atoms with van der Waals surface area (Å²) in [5.74, 6) is 2.71. The van der Waals surface area contributed by atoms with Crippen LogP contribution in [0.4, 0.5) is 0 Å². The number of hydrogen-bond donors (Lipinski definition) is 1. The SMILES string of the molecule is C#CCC(NCCC)c1ccnc(C)c1. The predicted octanol–water partition coefficient (Wildman–Crippen LogP) is 2.45. The Morgan fingerprint density at radius 2 is 2.40 bits per heavy atom. The maximum atomic E-state index is 5.37. The second-order valence-corrected chi connectivity index (χ2v) is 3.65. The zero-order valence-corrected chi connectivity index (χ0v) is 9.46. The molecule has 1 atom stereocenters. The van der Waals surface area contributed by atoms with E-state index in [4.69, 9.17) is 6.42 Å². The van der Waals surface area contributed by atoms with E-state index < -0.39 is 0 Å². The van der Waals surface area contributed by atoms with Crippen molar-refractivity contribution in [3.05, 3.63) is 29.6 Å². The minimum atomic E-state index is 0.261. The van der Waals surface area contributed by atoms with E-state index in [1.807, 2.05) is 19.2 Å². The van der Waals surface area contributed by atoms with Crippen LogP contribution in [-0.4, -0.2) is 11.5 Å².